The molecule has 22 heavy (non-hydrogen) atoms. The van der Waals surface area contributed by atoms with E-state index in [1.807, 2.05) is 0 Å². The molecule has 7 heteroatoms. The van der Waals surface area contributed by atoms with Crippen molar-refractivity contribution in [2.24, 2.45) is 0 Å². The van der Waals surface area contributed by atoms with E-state index in [9.17, 15) is 18.8 Å². The third kappa shape index (κ3) is 3.85. The number of Topliss-reactive ketones (excluding diaryl/α,β-unsaturated/α-hetero) is 2. The Balaban J connectivity index is 2.01. The van der Waals surface area contributed by atoms with Gasteiger partial charge in [0.2, 0.25) is 11.6 Å². The third-order valence-corrected chi connectivity index (χ3v) is 2.83. The maximum atomic E-state index is 12.8. The first-order valence-electron chi connectivity index (χ1n) is 6.33. The molecule has 1 aromatic heterocycles. The van der Waals surface area contributed by atoms with Gasteiger partial charge in [0, 0.05) is 6.42 Å². The molecule has 0 bridgehead atoms. The highest BCUT2D eigenvalue weighted by Crippen LogP contribution is 2.12. The van der Waals surface area contributed by atoms with Crippen molar-refractivity contribution in [3.05, 3.63) is 53.5 Å². The van der Waals surface area contributed by atoms with Crippen molar-refractivity contribution in [2.75, 3.05) is 7.11 Å². The van der Waals surface area contributed by atoms with Crippen LogP contribution in [0.1, 0.15) is 28.4 Å². The molecule has 2 rings (SSSR count). The van der Waals surface area contributed by atoms with Gasteiger partial charge in [-0.3, -0.25) is 9.59 Å². The SMILES string of the molecule is COC(=O)C(=O)CC(=O)c1cnc(Cc2ccc(F)cc2)o1. The molecule has 0 aliphatic rings. The van der Waals surface area contributed by atoms with E-state index in [1.54, 1.807) is 12.1 Å². The van der Waals surface area contributed by atoms with Crippen LogP contribution in [0.3, 0.4) is 0 Å². The van der Waals surface area contributed by atoms with E-state index in [0.29, 0.717) is 0 Å². The van der Waals surface area contributed by atoms with Crippen LogP contribution in [-0.4, -0.2) is 29.6 Å². The van der Waals surface area contributed by atoms with Gasteiger partial charge >= 0.3 is 5.97 Å². The minimum atomic E-state index is -1.08. The first-order chi connectivity index (χ1) is 10.5. The highest BCUT2D eigenvalue weighted by Gasteiger charge is 2.22. The number of benzene rings is 1. The molecule has 0 aliphatic heterocycles. The van der Waals surface area contributed by atoms with Crippen LogP contribution in [0.15, 0.2) is 34.9 Å². The number of aromatic nitrogens is 1. The summed E-state index contributed by atoms with van der Waals surface area (Å²) < 4.78 is 22.3. The predicted molar refractivity (Wildman–Crippen MR) is 71.7 cm³/mol. The molecule has 1 heterocycles. The number of carbonyl (C=O) groups is 3. The van der Waals surface area contributed by atoms with E-state index >= 15 is 0 Å². The van der Waals surface area contributed by atoms with Crippen molar-refractivity contribution in [3.63, 3.8) is 0 Å². The molecule has 0 radical (unpaired) electrons. The lowest BCUT2D eigenvalue weighted by Gasteiger charge is -1.98. The van der Waals surface area contributed by atoms with E-state index < -0.39 is 24.0 Å². The number of halogens is 1. The smallest absolute Gasteiger partial charge is 0.374 e. The number of hydrogen-bond donors (Lipinski definition) is 0. The molecule has 114 valence electrons. The van der Waals surface area contributed by atoms with Gasteiger partial charge in [-0.15, -0.1) is 0 Å². The summed E-state index contributed by atoms with van der Waals surface area (Å²) >= 11 is 0. The predicted octanol–water partition coefficient (Wildman–Crippen LogP) is 1.72. The Labute approximate surface area is 124 Å². The van der Waals surface area contributed by atoms with E-state index in [-0.39, 0.29) is 23.9 Å². The van der Waals surface area contributed by atoms with Gasteiger partial charge in [0.15, 0.2) is 11.7 Å². The summed E-state index contributed by atoms with van der Waals surface area (Å²) in [7, 11) is 1.06. The van der Waals surface area contributed by atoms with E-state index in [2.05, 4.69) is 9.72 Å². The van der Waals surface area contributed by atoms with E-state index in [0.717, 1.165) is 12.7 Å². The largest absolute Gasteiger partial charge is 0.463 e. The van der Waals surface area contributed by atoms with Crippen LogP contribution >= 0.6 is 0 Å². The molecule has 0 saturated carbocycles. The van der Waals surface area contributed by atoms with E-state index in [1.165, 1.54) is 18.3 Å². The summed E-state index contributed by atoms with van der Waals surface area (Å²) in [6, 6.07) is 5.75. The number of nitrogens with zero attached hydrogens (tertiary/aromatic N) is 1. The van der Waals surface area contributed by atoms with Crippen LogP contribution in [0, 0.1) is 5.82 Å². The average molecular weight is 305 g/mol. The summed E-state index contributed by atoms with van der Waals surface area (Å²) in [4.78, 5) is 37.9. The number of carbonyl (C=O) groups excluding carboxylic acids is 3. The number of rotatable bonds is 6. The van der Waals surface area contributed by atoms with Crippen molar-refractivity contribution in [3.8, 4) is 0 Å². The molecule has 0 amide bonds. The molecular formula is C15H12FNO5. The normalized spacial score (nSPS) is 10.3. The van der Waals surface area contributed by atoms with Gasteiger partial charge in [-0.2, -0.15) is 0 Å². The topological polar surface area (TPSA) is 86.5 Å². The van der Waals surface area contributed by atoms with Crippen LogP contribution in [0.5, 0.6) is 0 Å². The highest BCUT2D eigenvalue weighted by atomic mass is 19.1. The lowest BCUT2D eigenvalue weighted by Crippen LogP contribution is -2.19. The summed E-state index contributed by atoms with van der Waals surface area (Å²) in [6.07, 6.45) is 0.822. The number of ether oxygens (including phenoxy) is 1. The van der Waals surface area contributed by atoms with Gasteiger partial charge in [-0.25, -0.2) is 14.2 Å². The zero-order chi connectivity index (χ0) is 16.1. The number of hydrogen-bond acceptors (Lipinski definition) is 6. The van der Waals surface area contributed by atoms with Crippen molar-refractivity contribution in [1.29, 1.82) is 0 Å². The zero-order valence-electron chi connectivity index (χ0n) is 11.7. The number of methoxy groups -OCH3 is 1. The summed E-state index contributed by atoms with van der Waals surface area (Å²) in [6.45, 7) is 0. The van der Waals surface area contributed by atoms with Gasteiger partial charge < -0.3 is 9.15 Å². The lowest BCUT2D eigenvalue weighted by atomic mass is 10.1. The molecule has 1 aromatic carbocycles. The summed E-state index contributed by atoms with van der Waals surface area (Å²) in [5.41, 5.74) is 0.757. The van der Waals surface area contributed by atoms with Crippen molar-refractivity contribution >= 4 is 17.5 Å². The summed E-state index contributed by atoms with van der Waals surface area (Å²) in [5, 5.41) is 0. The van der Waals surface area contributed by atoms with Crippen LogP contribution in [0.2, 0.25) is 0 Å². The number of oxazole rings is 1. The van der Waals surface area contributed by atoms with Gasteiger partial charge in [-0.1, -0.05) is 12.1 Å². The first-order valence-corrected chi connectivity index (χ1v) is 6.33. The molecule has 0 unspecified atom stereocenters. The fourth-order valence-corrected chi connectivity index (χ4v) is 1.72. The van der Waals surface area contributed by atoms with E-state index in [4.69, 9.17) is 4.42 Å². The average Bonchev–Trinajstić information content (AvgIpc) is 2.97. The molecule has 0 aliphatic carbocycles. The second-order valence-electron chi connectivity index (χ2n) is 4.44. The Hall–Kier alpha value is -2.83. The first kappa shape index (κ1) is 15.6. The standard InChI is InChI=1S/C15H12FNO5/c1-21-15(20)12(19)7-11(18)13-8-17-14(22-13)6-9-2-4-10(16)5-3-9/h2-5,8H,6-7H2,1H3. The number of ketones is 2. The van der Waals surface area contributed by atoms with Crippen molar-refractivity contribution in [1.82, 2.24) is 4.98 Å². The third-order valence-electron chi connectivity index (χ3n) is 2.83. The Morgan fingerprint density at radius 2 is 1.91 bits per heavy atom. The van der Waals surface area contributed by atoms with Gasteiger partial charge in [0.1, 0.15) is 5.82 Å². The van der Waals surface area contributed by atoms with Crippen LogP contribution in [0.4, 0.5) is 4.39 Å². The second kappa shape index (κ2) is 6.75. The van der Waals surface area contributed by atoms with Gasteiger partial charge in [-0.05, 0) is 17.7 Å². The second-order valence-corrected chi connectivity index (χ2v) is 4.44. The Bertz CT molecular complexity index is 705. The Kier molecular flexibility index (Phi) is 4.77. The molecule has 0 fully saturated rings. The minimum Gasteiger partial charge on any atom is -0.463 e. The molecule has 0 atom stereocenters. The van der Waals surface area contributed by atoms with Crippen LogP contribution in [-0.2, 0) is 20.7 Å². The molecule has 0 saturated heterocycles. The lowest BCUT2D eigenvalue weighted by molar-refractivity contribution is -0.151. The zero-order valence-corrected chi connectivity index (χ0v) is 11.7. The van der Waals surface area contributed by atoms with Gasteiger partial charge in [0.05, 0.1) is 19.7 Å². The Morgan fingerprint density at radius 1 is 1.23 bits per heavy atom. The molecule has 6 nitrogen and oxygen atoms in total. The highest BCUT2D eigenvalue weighted by molar-refractivity contribution is 6.37. The van der Waals surface area contributed by atoms with Crippen LogP contribution in [0.25, 0.3) is 0 Å². The monoisotopic (exact) mass is 305 g/mol. The minimum absolute atomic E-state index is 0.116. The molecule has 0 N–H and O–H groups in total. The maximum Gasteiger partial charge on any atom is 0.374 e. The van der Waals surface area contributed by atoms with Crippen molar-refractivity contribution < 1.29 is 27.9 Å². The van der Waals surface area contributed by atoms with Gasteiger partial charge in [0.25, 0.3) is 0 Å². The fraction of sp³-hybridized carbons (Fsp3) is 0.200. The number of esters is 1. The fourth-order valence-electron chi connectivity index (χ4n) is 1.72. The Morgan fingerprint density at radius 3 is 2.55 bits per heavy atom. The summed E-state index contributed by atoms with van der Waals surface area (Å²) in [5.74, 6) is -2.92. The van der Waals surface area contributed by atoms with Crippen LogP contribution < -0.4 is 0 Å². The van der Waals surface area contributed by atoms with Crippen molar-refractivity contribution in [2.45, 2.75) is 12.8 Å². The maximum absolute atomic E-state index is 12.8. The molecule has 0 spiro atoms. The molecule has 2 aromatic rings. The molecular weight excluding hydrogens is 293 g/mol. The quantitative estimate of drug-likeness (QED) is 0.349.